The summed E-state index contributed by atoms with van der Waals surface area (Å²) in [6, 6.07) is 7.19. The van der Waals surface area contributed by atoms with E-state index in [1.54, 1.807) is 0 Å². The van der Waals surface area contributed by atoms with Gasteiger partial charge in [0.15, 0.2) is 0 Å². The second kappa shape index (κ2) is 6.94. The van der Waals surface area contributed by atoms with Crippen molar-refractivity contribution < 1.29 is 9.53 Å². The number of carbonyl (C=O) groups excluding carboxylic acids is 1. The monoisotopic (exact) mass is 406 g/mol. The molecule has 7 rings (SSSR count). The Bertz CT molecular complexity index is 1020. The lowest BCUT2D eigenvalue weighted by atomic mass is 9.80. The first-order valence-corrected chi connectivity index (χ1v) is 11.4. The zero-order valence-electron chi connectivity index (χ0n) is 17.7. The highest BCUT2D eigenvalue weighted by atomic mass is 16.5. The Labute approximate surface area is 177 Å². The molecule has 1 aliphatic carbocycles. The van der Waals surface area contributed by atoms with Crippen LogP contribution in [-0.2, 0) is 16.0 Å². The molecule has 5 aliphatic rings. The summed E-state index contributed by atoms with van der Waals surface area (Å²) < 4.78 is 5.88. The van der Waals surface area contributed by atoms with E-state index in [0.717, 1.165) is 32.4 Å². The van der Waals surface area contributed by atoms with Crippen LogP contribution < -0.4 is 5.32 Å². The van der Waals surface area contributed by atoms with Gasteiger partial charge in [0.1, 0.15) is 0 Å². The third-order valence-electron chi connectivity index (χ3n) is 7.33. The van der Waals surface area contributed by atoms with E-state index < -0.39 is 0 Å². The third kappa shape index (κ3) is 2.77. The third-order valence-corrected chi connectivity index (χ3v) is 7.33. The molecule has 1 amide bonds. The highest BCUT2D eigenvalue weighted by molar-refractivity contribution is 5.99. The van der Waals surface area contributed by atoms with Gasteiger partial charge in [0, 0.05) is 42.3 Å². The van der Waals surface area contributed by atoms with E-state index in [1.807, 2.05) is 5.01 Å². The second-order valence-electron chi connectivity index (χ2n) is 9.52. The molecule has 30 heavy (non-hydrogen) atoms. The van der Waals surface area contributed by atoms with E-state index in [9.17, 15) is 4.79 Å². The number of piperidine rings is 1. The summed E-state index contributed by atoms with van der Waals surface area (Å²) in [5.74, 6) is 0.0683. The van der Waals surface area contributed by atoms with Crippen LogP contribution in [-0.4, -0.2) is 64.8 Å². The molecule has 0 unspecified atom stereocenters. The van der Waals surface area contributed by atoms with Crippen molar-refractivity contribution in [2.75, 3.05) is 19.7 Å². The van der Waals surface area contributed by atoms with Gasteiger partial charge in [-0.25, -0.2) is 5.01 Å². The summed E-state index contributed by atoms with van der Waals surface area (Å²) in [5, 5.41) is 9.35. The fraction of sp³-hybridized carbons (Fsp3) is 0.542. The molecule has 4 atom stereocenters. The van der Waals surface area contributed by atoms with Gasteiger partial charge in [-0.3, -0.25) is 9.80 Å². The predicted octanol–water partition coefficient (Wildman–Crippen LogP) is 2.71. The zero-order valence-corrected chi connectivity index (χ0v) is 17.7. The summed E-state index contributed by atoms with van der Waals surface area (Å²) in [5.41, 5.74) is 5.10. The minimum absolute atomic E-state index is 0.138. The summed E-state index contributed by atoms with van der Waals surface area (Å²) in [6.45, 7) is 6.52. The van der Waals surface area contributed by atoms with E-state index in [0.29, 0.717) is 12.6 Å². The van der Waals surface area contributed by atoms with Crippen LogP contribution in [0.15, 0.2) is 30.5 Å². The second-order valence-corrected chi connectivity index (χ2v) is 9.52. The van der Waals surface area contributed by atoms with Crippen LogP contribution in [0.2, 0.25) is 0 Å². The molecular formula is C24H30N4O2. The van der Waals surface area contributed by atoms with Crippen LogP contribution in [0.1, 0.15) is 37.8 Å². The number of carbonyl (C=O) groups is 1. The van der Waals surface area contributed by atoms with Crippen LogP contribution in [0.4, 0.5) is 0 Å². The number of H-pyrrole nitrogens is 1. The molecule has 6 heteroatoms. The molecule has 0 saturated carbocycles. The standard InChI is InChI=1S/C24H30N4O2/c1-14(2)28(27-12-18-7-6-17(27)13-30-18)24(29)16-8-20-19-4-3-5-21-23(19)15(10-25-21)9-22(20)26-11-16/h3-5,8,10,14,16-18,22,25-26H,6-7,9,11-13H2,1-2H3/t16-,17+,18+,22-/m1/s1. The molecule has 1 aromatic carbocycles. The van der Waals surface area contributed by atoms with Gasteiger partial charge in [-0.15, -0.1) is 0 Å². The number of morpholine rings is 1. The van der Waals surface area contributed by atoms with Crippen molar-refractivity contribution in [3.8, 4) is 0 Å². The Hall–Kier alpha value is -2.15. The average molecular weight is 407 g/mol. The maximum atomic E-state index is 13.8. The fourth-order valence-corrected chi connectivity index (χ4v) is 5.91. The molecule has 158 valence electrons. The van der Waals surface area contributed by atoms with Crippen molar-refractivity contribution in [3.63, 3.8) is 0 Å². The molecule has 2 N–H and O–H groups in total. The molecule has 0 spiro atoms. The van der Waals surface area contributed by atoms with Crippen LogP contribution in [0, 0.1) is 5.92 Å². The number of aromatic amines is 1. The minimum Gasteiger partial charge on any atom is -0.375 e. The highest BCUT2D eigenvalue weighted by Gasteiger charge is 2.42. The van der Waals surface area contributed by atoms with Gasteiger partial charge in [-0.1, -0.05) is 18.2 Å². The number of rotatable bonds is 3. The van der Waals surface area contributed by atoms with Crippen molar-refractivity contribution in [2.45, 2.75) is 57.3 Å². The van der Waals surface area contributed by atoms with Gasteiger partial charge in [0.25, 0.3) is 0 Å². The van der Waals surface area contributed by atoms with Crippen LogP contribution in [0.3, 0.4) is 0 Å². The maximum absolute atomic E-state index is 13.8. The molecule has 2 bridgehead atoms. The van der Waals surface area contributed by atoms with Crippen molar-refractivity contribution in [1.82, 2.24) is 20.3 Å². The number of hydrazine groups is 1. The molecular weight excluding hydrogens is 376 g/mol. The summed E-state index contributed by atoms with van der Waals surface area (Å²) in [6.07, 6.45) is 7.86. The quantitative estimate of drug-likeness (QED) is 0.823. The molecule has 0 radical (unpaired) electrons. The topological polar surface area (TPSA) is 60.6 Å². The molecule has 6 nitrogen and oxygen atoms in total. The first kappa shape index (κ1) is 18.6. The number of fused-ring (bicyclic) bond motifs is 5. The van der Waals surface area contributed by atoms with Gasteiger partial charge in [-0.2, -0.15) is 0 Å². The normalized spacial score (nSPS) is 30.4. The molecule has 3 saturated heterocycles. The largest absolute Gasteiger partial charge is 0.375 e. The Morgan fingerprint density at radius 1 is 1.30 bits per heavy atom. The Morgan fingerprint density at radius 3 is 2.93 bits per heavy atom. The molecule has 3 fully saturated rings. The zero-order chi connectivity index (χ0) is 20.4. The van der Waals surface area contributed by atoms with E-state index in [2.05, 4.69) is 59.6 Å². The number of amides is 1. The van der Waals surface area contributed by atoms with Crippen molar-refractivity contribution >= 4 is 22.4 Å². The van der Waals surface area contributed by atoms with Crippen LogP contribution in [0.5, 0.6) is 0 Å². The average Bonchev–Trinajstić information content (AvgIpc) is 3.18. The van der Waals surface area contributed by atoms with E-state index in [1.165, 1.54) is 27.6 Å². The Balaban J connectivity index is 1.34. The number of nitrogens with one attached hydrogen (secondary N) is 2. The van der Waals surface area contributed by atoms with Gasteiger partial charge in [-0.05, 0) is 55.9 Å². The van der Waals surface area contributed by atoms with Gasteiger partial charge in [0.2, 0.25) is 5.91 Å². The van der Waals surface area contributed by atoms with Crippen molar-refractivity contribution in [2.24, 2.45) is 5.92 Å². The molecule has 2 aromatic rings. The van der Waals surface area contributed by atoms with Gasteiger partial charge in [0.05, 0.1) is 24.7 Å². The van der Waals surface area contributed by atoms with E-state index >= 15 is 0 Å². The summed E-state index contributed by atoms with van der Waals surface area (Å²) in [7, 11) is 0. The minimum atomic E-state index is -0.143. The van der Waals surface area contributed by atoms with E-state index in [4.69, 9.17) is 4.74 Å². The number of aromatic nitrogens is 1. The lowest BCUT2D eigenvalue weighted by Crippen LogP contribution is -2.65. The van der Waals surface area contributed by atoms with Crippen molar-refractivity contribution in [1.29, 1.82) is 0 Å². The smallest absolute Gasteiger partial charge is 0.245 e. The highest BCUT2D eigenvalue weighted by Crippen LogP contribution is 2.39. The number of benzene rings is 1. The molecule has 5 heterocycles. The Kier molecular flexibility index (Phi) is 4.30. The predicted molar refractivity (Wildman–Crippen MR) is 117 cm³/mol. The van der Waals surface area contributed by atoms with Crippen molar-refractivity contribution in [3.05, 3.63) is 41.6 Å². The first-order chi connectivity index (χ1) is 14.6. The maximum Gasteiger partial charge on any atom is 0.245 e. The number of nitrogens with zero attached hydrogens (tertiary/aromatic N) is 2. The molecule has 1 aromatic heterocycles. The number of hydrogen-bond donors (Lipinski definition) is 2. The van der Waals surface area contributed by atoms with Gasteiger partial charge >= 0.3 is 0 Å². The lowest BCUT2D eigenvalue weighted by Gasteiger charge is -2.51. The van der Waals surface area contributed by atoms with Gasteiger partial charge < -0.3 is 15.0 Å². The fourth-order valence-electron chi connectivity index (χ4n) is 5.91. The first-order valence-electron chi connectivity index (χ1n) is 11.4. The van der Waals surface area contributed by atoms with Crippen LogP contribution in [0.25, 0.3) is 16.5 Å². The Morgan fingerprint density at radius 2 is 2.20 bits per heavy atom. The lowest BCUT2D eigenvalue weighted by molar-refractivity contribution is -0.204. The van der Waals surface area contributed by atoms with E-state index in [-0.39, 0.29) is 30.0 Å². The SMILES string of the molecule is CC(C)N(C(=O)[C@@H]1C=C2c3cccc4[nH]cc(c34)C[C@H]2NC1)N1C[C@@H]2CC[C@H]1CO2. The number of hydrogen-bond acceptors (Lipinski definition) is 4. The summed E-state index contributed by atoms with van der Waals surface area (Å²) in [4.78, 5) is 17.2. The molecule has 4 aliphatic heterocycles. The number of ether oxygens (including phenoxy) is 1. The summed E-state index contributed by atoms with van der Waals surface area (Å²) >= 11 is 0. The van der Waals surface area contributed by atoms with Crippen LogP contribution >= 0.6 is 0 Å².